The number of nitrogens with zero attached hydrogens (tertiary/aromatic N) is 1. The van der Waals surface area contributed by atoms with Gasteiger partial charge < -0.3 is 10.1 Å². The molecule has 1 aliphatic rings. The molecular weight excluding hydrogens is 286 g/mol. The largest absolute Gasteiger partial charge is 0.435 e. The van der Waals surface area contributed by atoms with Crippen LogP contribution in [0, 0.1) is 0 Å². The summed E-state index contributed by atoms with van der Waals surface area (Å²) in [5.41, 5.74) is 1.08. The van der Waals surface area contributed by atoms with Gasteiger partial charge in [-0.3, -0.25) is 4.90 Å². The van der Waals surface area contributed by atoms with E-state index in [2.05, 4.69) is 21.9 Å². The first kappa shape index (κ1) is 17.2. The van der Waals surface area contributed by atoms with E-state index in [0.29, 0.717) is 0 Å². The molecule has 22 heavy (non-hydrogen) atoms. The summed E-state index contributed by atoms with van der Waals surface area (Å²) >= 11 is 0. The zero-order valence-corrected chi connectivity index (χ0v) is 13.2. The molecule has 5 heteroatoms. The van der Waals surface area contributed by atoms with Crippen LogP contribution in [0.15, 0.2) is 24.3 Å². The topological polar surface area (TPSA) is 24.5 Å². The van der Waals surface area contributed by atoms with Crippen LogP contribution < -0.4 is 10.1 Å². The van der Waals surface area contributed by atoms with E-state index in [0.717, 1.165) is 44.6 Å². The van der Waals surface area contributed by atoms with E-state index < -0.39 is 6.61 Å². The van der Waals surface area contributed by atoms with Crippen LogP contribution in [0.4, 0.5) is 8.78 Å². The van der Waals surface area contributed by atoms with E-state index in [1.807, 2.05) is 12.1 Å². The van der Waals surface area contributed by atoms with Crippen LogP contribution in [0.25, 0.3) is 0 Å². The van der Waals surface area contributed by atoms with E-state index in [1.54, 1.807) is 12.1 Å². The highest BCUT2D eigenvalue weighted by molar-refractivity contribution is 5.30. The second kappa shape index (κ2) is 9.06. The van der Waals surface area contributed by atoms with Gasteiger partial charge in [0.15, 0.2) is 0 Å². The lowest BCUT2D eigenvalue weighted by molar-refractivity contribution is -0.0499. The Morgan fingerprint density at radius 1 is 1.23 bits per heavy atom. The van der Waals surface area contributed by atoms with Crippen molar-refractivity contribution in [1.82, 2.24) is 10.2 Å². The van der Waals surface area contributed by atoms with Gasteiger partial charge in [0, 0.05) is 32.2 Å². The smallest absolute Gasteiger partial charge is 0.387 e. The summed E-state index contributed by atoms with van der Waals surface area (Å²) in [7, 11) is 0. The van der Waals surface area contributed by atoms with Crippen LogP contribution in [0.3, 0.4) is 0 Å². The number of hydrogen-bond acceptors (Lipinski definition) is 3. The van der Waals surface area contributed by atoms with Gasteiger partial charge in [0.2, 0.25) is 0 Å². The Morgan fingerprint density at radius 3 is 2.68 bits per heavy atom. The molecule has 1 heterocycles. The minimum absolute atomic E-state index is 0.253. The highest BCUT2D eigenvalue weighted by Gasteiger charge is 2.22. The predicted molar refractivity (Wildman–Crippen MR) is 84.4 cm³/mol. The van der Waals surface area contributed by atoms with Crippen LogP contribution >= 0.6 is 0 Å². The van der Waals surface area contributed by atoms with Crippen LogP contribution in [0.5, 0.6) is 5.75 Å². The quantitative estimate of drug-likeness (QED) is 0.739. The Hall–Kier alpha value is -1.20. The number of ether oxygens (including phenoxy) is 1. The van der Waals surface area contributed by atoms with Gasteiger partial charge in [-0.15, -0.1) is 0 Å². The Balaban J connectivity index is 2.11. The summed E-state index contributed by atoms with van der Waals surface area (Å²) in [6.45, 7) is 3.38. The first-order valence-corrected chi connectivity index (χ1v) is 8.20. The molecule has 0 amide bonds. The standard InChI is InChI=1S/C17H26F2N2O/c1-2-3-4-8-16(21-11-9-20-10-12-21)14-6-5-7-15(13-14)22-17(18)19/h5-7,13,16-17,20H,2-4,8-12H2,1H3/t16-/m0/s1. The van der Waals surface area contributed by atoms with E-state index in [-0.39, 0.29) is 11.8 Å². The van der Waals surface area contributed by atoms with Gasteiger partial charge in [0.05, 0.1) is 0 Å². The highest BCUT2D eigenvalue weighted by atomic mass is 19.3. The molecular formula is C17H26F2N2O. The zero-order valence-electron chi connectivity index (χ0n) is 13.2. The number of nitrogens with one attached hydrogen (secondary N) is 1. The number of hydrogen-bond donors (Lipinski definition) is 1. The van der Waals surface area contributed by atoms with Crippen molar-refractivity contribution in [3.05, 3.63) is 29.8 Å². The molecule has 2 rings (SSSR count). The van der Waals surface area contributed by atoms with Crippen molar-refractivity contribution in [2.45, 2.75) is 45.3 Å². The molecule has 1 aromatic carbocycles. The molecule has 3 nitrogen and oxygen atoms in total. The number of rotatable bonds is 8. The fourth-order valence-electron chi connectivity index (χ4n) is 3.04. The number of unbranched alkanes of at least 4 members (excludes halogenated alkanes) is 2. The van der Waals surface area contributed by atoms with E-state index >= 15 is 0 Å². The lowest BCUT2D eigenvalue weighted by Crippen LogP contribution is -2.45. The summed E-state index contributed by atoms with van der Waals surface area (Å²) in [4.78, 5) is 2.45. The molecule has 1 saturated heterocycles. The molecule has 1 fully saturated rings. The molecule has 124 valence electrons. The maximum absolute atomic E-state index is 12.4. The zero-order chi connectivity index (χ0) is 15.8. The summed E-state index contributed by atoms with van der Waals surface area (Å²) < 4.78 is 29.4. The van der Waals surface area contributed by atoms with Crippen molar-refractivity contribution < 1.29 is 13.5 Å². The molecule has 0 saturated carbocycles. The Bertz CT molecular complexity index is 436. The second-order valence-corrected chi connectivity index (χ2v) is 5.75. The molecule has 0 radical (unpaired) electrons. The molecule has 1 aromatic rings. The fourth-order valence-corrected chi connectivity index (χ4v) is 3.04. The normalized spacial score (nSPS) is 17.6. The number of piperazine rings is 1. The van der Waals surface area contributed by atoms with Gasteiger partial charge in [0.25, 0.3) is 0 Å². The van der Waals surface area contributed by atoms with Crippen LogP contribution in [-0.2, 0) is 0 Å². The third kappa shape index (κ3) is 5.21. The van der Waals surface area contributed by atoms with Crippen molar-refractivity contribution in [3.8, 4) is 5.75 Å². The molecule has 0 aromatic heterocycles. The number of halogens is 2. The number of alkyl halides is 2. The second-order valence-electron chi connectivity index (χ2n) is 5.75. The minimum atomic E-state index is -2.77. The van der Waals surface area contributed by atoms with Gasteiger partial charge in [-0.05, 0) is 24.1 Å². The summed E-state index contributed by atoms with van der Waals surface area (Å²) in [5, 5.41) is 3.36. The van der Waals surface area contributed by atoms with Crippen LogP contribution in [0.1, 0.15) is 44.2 Å². The van der Waals surface area contributed by atoms with Gasteiger partial charge >= 0.3 is 6.61 Å². The third-order valence-electron chi connectivity index (χ3n) is 4.14. The number of benzene rings is 1. The Morgan fingerprint density at radius 2 is 2.00 bits per heavy atom. The molecule has 1 atom stereocenters. The first-order valence-electron chi connectivity index (χ1n) is 8.20. The maximum Gasteiger partial charge on any atom is 0.387 e. The third-order valence-corrected chi connectivity index (χ3v) is 4.14. The summed E-state index contributed by atoms with van der Waals surface area (Å²) in [6, 6.07) is 7.48. The Kier molecular flexibility index (Phi) is 7.06. The van der Waals surface area contributed by atoms with Crippen molar-refractivity contribution in [1.29, 1.82) is 0 Å². The molecule has 1 aliphatic heterocycles. The van der Waals surface area contributed by atoms with Gasteiger partial charge in [-0.25, -0.2) is 0 Å². The van der Waals surface area contributed by atoms with Crippen molar-refractivity contribution in [2.75, 3.05) is 26.2 Å². The highest BCUT2D eigenvalue weighted by Crippen LogP contribution is 2.29. The van der Waals surface area contributed by atoms with E-state index in [1.165, 1.54) is 12.8 Å². The average Bonchev–Trinajstić information content (AvgIpc) is 2.52. The average molecular weight is 312 g/mol. The Labute approximate surface area is 131 Å². The van der Waals surface area contributed by atoms with Crippen molar-refractivity contribution in [2.24, 2.45) is 0 Å². The van der Waals surface area contributed by atoms with Gasteiger partial charge in [0.1, 0.15) is 5.75 Å². The van der Waals surface area contributed by atoms with Crippen LogP contribution in [-0.4, -0.2) is 37.7 Å². The molecule has 0 aliphatic carbocycles. The molecule has 1 N–H and O–H groups in total. The summed E-state index contributed by atoms with van der Waals surface area (Å²) in [5.74, 6) is 0.253. The lowest BCUT2D eigenvalue weighted by Gasteiger charge is -2.35. The first-order chi connectivity index (χ1) is 10.7. The van der Waals surface area contributed by atoms with Gasteiger partial charge in [-0.1, -0.05) is 38.3 Å². The van der Waals surface area contributed by atoms with E-state index in [4.69, 9.17) is 0 Å². The lowest BCUT2D eigenvalue weighted by atomic mass is 9.98. The van der Waals surface area contributed by atoms with Gasteiger partial charge in [-0.2, -0.15) is 8.78 Å². The molecule has 0 spiro atoms. The summed E-state index contributed by atoms with van der Waals surface area (Å²) in [6.07, 6.45) is 4.61. The molecule has 0 bridgehead atoms. The SMILES string of the molecule is CCCCC[C@@H](c1cccc(OC(F)F)c1)N1CCNCC1. The fraction of sp³-hybridized carbons (Fsp3) is 0.647. The van der Waals surface area contributed by atoms with E-state index in [9.17, 15) is 8.78 Å². The predicted octanol–water partition coefficient (Wildman–Crippen LogP) is 3.81. The molecule has 0 unspecified atom stereocenters. The minimum Gasteiger partial charge on any atom is -0.435 e. The van der Waals surface area contributed by atoms with Crippen molar-refractivity contribution in [3.63, 3.8) is 0 Å². The maximum atomic E-state index is 12.4. The van der Waals surface area contributed by atoms with Crippen molar-refractivity contribution >= 4 is 0 Å². The monoisotopic (exact) mass is 312 g/mol. The van der Waals surface area contributed by atoms with Crippen LogP contribution in [0.2, 0.25) is 0 Å².